The maximum Gasteiger partial charge on any atom is 0.205 e. The van der Waals surface area contributed by atoms with E-state index >= 15 is 0 Å². The molecule has 0 saturated heterocycles. The van der Waals surface area contributed by atoms with Gasteiger partial charge in [0.1, 0.15) is 6.29 Å². The van der Waals surface area contributed by atoms with Crippen LogP contribution >= 0.6 is 0 Å². The molecule has 0 bridgehead atoms. The van der Waals surface area contributed by atoms with Crippen molar-refractivity contribution < 1.29 is 4.79 Å². The molecule has 0 radical (unpaired) electrons. The van der Waals surface area contributed by atoms with Crippen LogP contribution in [0.2, 0.25) is 0 Å². The molecule has 0 saturated carbocycles. The number of carbonyl (C=O) groups excluding carboxylic acids is 1. The van der Waals surface area contributed by atoms with Crippen LogP contribution in [-0.2, 0) is 4.79 Å². The molecule has 0 aromatic carbocycles. The minimum Gasteiger partial charge on any atom is -0.356 e. The molecule has 0 aliphatic rings. The molecule has 5 nitrogen and oxygen atoms in total. The summed E-state index contributed by atoms with van der Waals surface area (Å²) in [5, 5.41) is 13.3. The van der Waals surface area contributed by atoms with E-state index in [0.717, 1.165) is 0 Å². The summed E-state index contributed by atoms with van der Waals surface area (Å²) in [7, 11) is 0. The number of rotatable bonds is 3. The average Bonchev–Trinajstić information content (AvgIpc) is 2.01. The third kappa shape index (κ3) is 4.90. The van der Waals surface area contributed by atoms with Gasteiger partial charge in [-0.1, -0.05) is 0 Å². The number of nitriles is 1. The van der Waals surface area contributed by atoms with Crippen molar-refractivity contribution >= 4 is 12.2 Å². The fourth-order valence-electron chi connectivity index (χ4n) is 0.489. The zero-order valence-corrected chi connectivity index (χ0v) is 6.29. The number of nitrogens with one attached hydrogen (secondary N) is 2. The Bertz CT molecular complexity index is 182. The molecule has 0 heterocycles. The van der Waals surface area contributed by atoms with Crippen molar-refractivity contribution in [3.63, 3.8) is 0 Å². The molecular formula is C6H10N4O. The number of hydrogen-bond acceptors (Lipinski definition) is 3. The summed E-state index contributed by atoms with van der Waals surface area (Å²) in [6.07, 6.45) is 2.37. The Morgan fingerprint density at radius 2 is 2.55 bits per heavy atom. The number of aliphatic imine (C=N–C) groups is 1. The molecule has 0 unspecified atom stereocenters. The number of nitrogens with zero attached hydrogens (tertiary/aromatic N) is 2. The minimum atomic E-state index is 0.0665. The van der Waals surface area contributed by atoms with E-state index in [4.69, 9.17) is 5.26 Å². The highest BCUT2D eigenvalue weighted by Crippen LogP contribution is 1.67. The third-order valence-corrected chi connectivity index (χ3v) is 0.842. The normalized spacial score (nSPS) is 10.0. The maximum absolute atomic E-state index is 9.87. The van der Waals surface area contributed by atoms with Gasteiger partial charge in [-0.25, -0.2) is 4.99 Å². The monoisotopic (exact) mass is 154 g/mol. The lowest BCUT2D eigenvalue weighted by Crippen LogP contribution is -2.34. The van der Waals surface area contributed by atoms with Crippen molar-refractivity contribution in [1.29, 1.82) is 5.26 Å². The molecule has 0 spiro atoms. The largest absolute Gasteiger partial charge is 0.356 e. The van der Waals surface area contributed by atoms with Crippen LogP contribution < -0.4 is 10.6 Å². The first-order valence-corrected chi connectivity index (χ1v) is 3.22. The summed E-state index contributed by atoms with van der Waals surface area (Å²) in [5.74, 6) is 0.335. The van der Waals surface area contributed by atoms with E-state index in [2.05, 4.69) is 15.6 Å². The highest BCUT2D eigenvalue weighted by molar-refractivity contribution is 5.82. The summed E-state index contributed by atoms with van der Waals surface area (Å²) in [6, 6.07) is 0. The first kappa shape index (κ1) is 9.43. The molecule has 11 heavy (non-hydrogen) atoms. The van der Waals surface area contributed by atoms with E-state index < -0.39 is 0 Å². The zero-order chi connectivity index (χ0) is 8.53. The standard InChI is InChI=1S/C6H10N4O/c1-2-8-6(10-5-7)9-3-4-11/h4H,2-3H2,1H3,(H2,8,9,10). The van der Waals surface area contributed by atoms with Crippen LogP contribution in [0.1, 0.15) is 6.92 Å². The highest BCUT2D eigenvalue weighted by Gasteiger charge is 1.91. The van der Waals surface area contributed by atoms with Gasteiger partial charge in [0.2, 0.25) is 5.96 Å². The van der Waals surface area contributed by atoms with E-state index in [-0.39, 0.29) is 6.54 Å². The molecule has 0 rings (SSSR count). The van der Waals surface area contributed by atoms with Crippen LogP contribution in [0.5, 0.6) is 0 Å². The van der Waals surface area contributed by atoms with Crippen LogP contribution in [0.4, 0.5) is 0 Å². The fourth-order valence-corrected chi connectivity index (χ4v) is 0.489. The van der Waals surface area contributed by atoms with Gasteiger partial charge in [-0.15, -0.1) is 0 Å². The van der Waals surface area contributed by atoms with Crippen molar-refractivity contribution in [2.75, 3.05) is 13.1 Å². The van der Waals surface area contributed by atoms with Gasteiger partial charge in [0.15, 0.2) is 6.19 Å². The molecule has 0 aromatic rings. The molecule has 0 aliphatic heterocycles. The Morgan fingerprint density at radius 3 is 3.00 bits per heavy atom. The summed E-state index contributed by atoms with van der Waals surface area (Å²) in [4.78, 5) is 13.6. The Hall–Kier alpha value is -1.57. The van der Waals surface area contributed by atoms with Crippen LogP contribution in [0.3, 0.4) is 0 Å². The molecule has 60 valence electrons. The molecule has 5 heteroatoms. The van der Waals surface area contributed by atoms with E-state index in [9.17, 15) is 4.79 Å². The molecule has 0 atom stereocenters. The smallest absolute Gasteiger partial charge is 0.205 e. The lowest BCUT2D eigenvalue weighted by Gasteiger charge is -2.02. The molecule has 0 fully saturated rings. The zero-order valence-electron chi connectivity index (χ0n) is 6.29. The van der Waals surface area contributed by atoms with Gasteiger partial charge in [0.25, 0.3) is 0 Å². The van der Waals surface area contributed by atoms with Gasteiger partial charge >= 0.3 is 0 Å². The van der Waals surface area contributed by atoms with Gasteiger partial charge < -0.3 is 10.1 Å². The van der Waals surface area contributed by atoms with Gasteiger partial charge in [0, 0.05) is 6.54 Å². The number of carbonyl (C=O) groups is 1. The van der Waals surface area contributed by atoms with Crippen LogP contribution in [-0.4, -0.2) is 25.3 Å². The first-order valence-electron chi connectivity index (χ1n) is 3.22. The Labute approximate surface area is 65.1 Å². The predicted molar refractivity (Wildman–Crippen MR) is 40.8 cm³/mol. The van der Waals surface area contributed by atoms with Crippen molar-refractivity contribution in [2.24, 2.45) is 4.99 Å². The maximum atomic E-state index is 9.87. The topological polar surface area (TPSA) is 77.3 Å². The molecule has 0 aliphatic carbocycles. The minimum absolute atomic E-state index is 0.0665. The summed E-state index contributed by atoms with van der Waals surface area (Å²) in [5.41, 5.74) is 0. The Kier molecular flexibility index (Phi) is 5.61. The van der Waals surface area contributed by atoms with Crippen LogP contribution in [0, 0.1) is 11.5 Å². The SMILES string of the molecule is CCNC(=NCC=O)NC#N. The first-order chi connectivity index (χ1) is 5.35. The van der Waals surface area contributed by atoms with E-state index in [1.165, 1.54) is 0 Å². The van der Waals surface area contributed by atoms with Gasteiger partial charge in [-0.3, -0.25) is 5.32 Å². The predicted octanol–water partition coefficient (Wildman–Crippen LogP) is -0.779. The van der Waals surface area contributed by atoms with Crippen molar-refractivity contribution in [3.8, 4) is 6.19 Å². The van der Waals surface area contributed by atoms with Crippen molar-refractivity contribution in [2.45, 2.75) is 6.92 Å². The summed E-state index contributed by atoms with van der Waals surface area (Å²) < 4.78 is 0. The third-order valence-electron chi connectivity index (χ3n) is 0.842. The van der Waals surface area contributed by atoms with Crippen molar-refractivity contribution in [1.82, 2.24) is 10.6 Å². The fraction of sp³-hybridized carbons (Fsp3) is 0.500. The van der Waals surface area contributed by atoms with Crippen LogP contribution in [0.15, 0.2) is 4.99 Å². The van der Waals surface area contributed by atoms with Gasteiger partial charge in [-0.2, -0.15) is 5.26 Å². The highest BCUT2D eigenvalue weighted by atomic mass is 16.1. The number of guanidine groups is 1. The van der Waals surface area contributed by atoms with Gasteiger partial charge in [-0.05, 0) is 6.92 Å². The van der Waals surface area contributed by atoms with Crippen LogP contribution in [0.25, 0.3) is 0 Å². The number of aldehydes is 1. The van der Waals surface area contributed by atoms with E-state index in [1.54, 1.807) is 6.19 Å². The van der Waals surface area contributed by atoms with E-state index in [1.807, 2.05) is 6.92 Å². The number of hydrogen-bond donors (Lipinski definition) is 2. The lowest BCUT2D eigenvalue weighted by atomic mass is 10.7. The molecular weight excluding hydrogens is 144 g/mol. The van der Waals surface area contributed by atoms with Crippen molar-refractivity contribution in [3.05, 3.63) is 0 Å². The Balaban J connectivity index is 3.87. The molecule has 0 aromatic heterocycles. The molecule has 2 N–H and O–H groups in total. The second kappa shape index (κ2) is 6.55. The average molecular weight is 154 g/mol. The molecule has 0 amide bonds. The second-order valence-electron chi connectivity index (χ2n) is 1.62. The summed E-state index contributed by atoms with van der Waals surface area (Å²) in [6.45, 7) is 2.60. The second-order valence-corrected chi connectivity index (χ2v) is 1.62. The Morgan fingerprint density at radius 1 is 1.82 bits per heavy atom. The lowest BCUT2D eigenvalue weighted by molar-refractivity contribution is -0.106. The quantitative estimate of drug-likeness (QED) is 0.184. The summed E-state index contributed by atoms with van der Waals surface area (Å²) >= 11 is 0. The van der Waals surface area contributed by atoms with E-state index in [0.29, 0.717) is 18.8 Å². The van der Waals surface area contributed by atoms with Gasteiger partial charge in [0.05, 0.1) is 6.54 Å².